The fourth-order valence-electron chi connectivity index (χ4n) is 4.10. The van der Waals surface area contributed by atoms with Crippen molar-refractivity contribution >= 4 is 0 Å². The monoisotopic (exact) mass is 340 g/mol. The highest BCUT2D eigenvalue weighted by Gasteiger charge is 2.37. The third kappa shape index (κ3) is 4.14. The molecular formula is C22H32N2O. The minimum absolute atomic E-state index is 0.232. The summed E-state index contributed by atoms with van der Waals surface area (Å²) >= 11 is 0. The van der Waals surface area contributed by atoms with Gasteiger partial charge in [0.25, 0.3) is 0 Å². The van der Waals surface area contributed by atoms with Gasteiger partial charge in [0.05, 0.1) is 6.20 Å². The molecule has 1 fully saturated rings. The first kappa shape index (κ1) is 18.2. The van der Waals surface area contributed by atoms with Crippen LogP contribution >= 0.6 is 0 Å². The summed E-state index contributed by atoms with van der Waals surface area (Å²) in [6, 6.07) is 10.8. The lowest BCUT2D eigenvalue weighted by Gasteiger charge is -2.45. The van der Waals surface area contributed by atoms with E-state index in [9.17, 15) is 0 Å². The summed E-state index contributed by atoms with van der Waals surface area (Å²) in [5, 5.41) is 3.84. The molecule has 0 spiro atoms. The SMILES string of the molecule is CCCCCCN1CCC(C)(c2cccc(-c3ccno3)c2)C(C)C1. The molecule has 0 saturated carbocycles. The molecule has 1 saturated heterocycles. The standard InChI is InChI=1S/C22H32N2O/c1-4-5-6-7-14-24-15-12-22(3,18(2)17-24)20-10-8-9-19(16-20)21-11-13-23-25-21/h8-11,13,16,18H,4-7,12,14-15,17H2,1-3H3. The molecule has 2 aromatic rings. The summed E-state index contributed by atoms with van der Waals surface area (Å²) in [6.07, 6.45) is 8.34. The Bertz CT molecular complexity index is 652. The maximum absolute atomic E-state index is 5.34. The van der Waals surface area contributed by atoms with Gasteiger partial charge in [0.1, 0.15) is 0 Å². The molecule has 2 unspecified atom stereocenters. The number of hydrogen-bond donors (Lipinski definition) is 0. The number of rotatable bonds is 7. The van der Waals surface area contributed by atoms with Crippen molar-refractivity contribution in [3.8, 4) is 11.3 Å². The number of aromatic nitrogens is 1. The predicted molar refractivity (Wildman–Crippen MR) is 104 cm³/mol. The van der Waals surface area contributed by atoms with Crippen LogP contribution < -0.4 is 0 Å². The van der Waals surface area contributed by atoms with Gasteiger partial charge in [-0.2, -0.15) is 0 Å². The van der Waals surface area contributed by atoms with Crippen molar-refractivity contribution in [2.75, 3.05) is 19.6 Å². The fourth-order valence-corrected chi connectivity index (χ4v) is 4.10. The Morgan fingerprint density at radius 1 is 1.24 bits per heavy atom. The van der Waals surface area contributed by atoms with Crippen LogP contribution in [0.15, 0.2) is 41.1 Å². The lowest BCUT2D eigenvalue weighted by molar-refractivity contribution is 0.109. The Morgan fingerprint density at radius 3 is 2.84 bits per heavy atom. The Morgan fingerprint density at radius 2 is 2.12 bits per heavy atom. The van der Waals surface area contributed by atoms with Crippen molar-refractivity contribution in [3.05, 3.63) is 42.1 Å². The molecule has 2 atom stereocenters. The summed E-state index contributed by atoms with van der Waals surface area (Å²) in [6.45, 7) is 10.8. The topological polar surface area (TPSA) is 29.3 Å². The van der Waals surface area contributed by atoms with Crippen LogP contribution in [-0.4, -0.2) is 29.7 Å². The van der Waals surface area contributed by atoms with Gasteiger partial charge in [-0.25, -0.2) is 0 Å². The molecule has 0 bridgehead atoms. The van der Waals surface area contributed by atoms with E-state index in [4.69, 9.17) is 4.52 Å². The predicted octanol–water partition coefficient (Wildman–Crippen LogP) is 5.52. The van der Waals surface area contributed by atoms with Gasteiger partial charge >= 0.3 is 0 Å². The Balaban J connectivity index is 1.67. The Hall–Kier alpha value is -1.61. The molecular weight excluding hydrogens is 308 g/mol. The van der Waals surface area contributed by atoms with E-state index in [-0.39, 0.29) is 5.41 Å². The molecule has 0 amide bonds. The van der Waals surface area contributed by atoms with Crippen molar-refractivity contribution in [1.29, 1.82) is 0 Å². The zero-order valence-electron chi connectivity index (χ0n) is 16.0. The third-order valence-electron chi connectivity index (χ3n) is 6.14. The molecule has 3 rings (SSSR count). The van der Waals surface area contributed by atoms with Crippen LogP contribution in [-0.2, 0) is 5.41 Å². The van der Waals surface area contributed by atoms with E-state index in [1.165, 1.54) is 57.3 Å². The van der Waals surface area contributed by atoms with Crippen LogP contribution in [0.3, 0.4) is 0 Å². The second kappa shape index (κ2) is 8.18. The Labute approximate surface area is 152 Å². The van der Waals surface area contributed by atoms with Crippen LogP contribution in [0, 0.1) is 5.92 Å². The molecule has 3 nitrogen and oxygen atoms in total. The molecule has 0 radical (unpaired) electrons. The second-order valence-corrected chi connectivity index (χ2v) is 7.89. The number of piperidine rings is 1. The van der Waals surface area contributed by atoms with Crippen molar-refractivity contribution in [3.63, 3.8) is 0 Å². The molecule has 1 aromatic carbocycles. The lowest BCUT2D eigenvalue weighted by Crippen LogP contribution is -2.47. The maximum Gasteiger partial charge on any atom is 0.166 e. The molecule has 1 aliphatic rings. The first-order valence-corrected chi connectivity index (χ1v) is 9.87. The van der Waals surface area contributed by atoms with E-state index in [0.717, 1.165) is 11.3 Å². The first-order valence-electron chi connectivity index (χ1n) is 9.87. The molecule has 0 aliphatic carbocycles. The summed E-state index contributed by atoms with van der Waals surface area (Å²) in [4.78, 5) is 2.67. The van der Waals surface area contributed by atoms with Gasteiger partial charge < -0.3 is 9.42 Å². The van der Waals surface area contributed by atoms with Gasteiger partial charge in [-0.15, -0.1) is 0 Å². The van der Waals surface area contributed by atoms with E-state index < -0.39 is 0 Å². The van der Waals surface area contributed by atoms with Crippen molar-refractivity contribution in [2.24, 2.45) is 5.92 Å². The molecule has 1 aromatic heterocycles. The van der Waals surface area contributed by atoms with Crippen LogP contribution in [0.1, 0.15) is 58.4 Å². The van der Waals surface area contributed by atoms with E-state index in [1.54, 1.807) is 6.20 Å². The minimum Gasteiger partial charge on any atom is -0.356 e. The summed E-state index contributed by atoms with van der Waals surface area (Å²) in [5.74, 6) is 1.50. The third-order valence-corrected chi connectivity index (χ3v) is 6.14. The number of benzene rings is 1. The highest BCUT2D eigenvalue weighted by Crippen LogP contribution is 2.40. The van der Waals surface area contributed by atoms with Crippen LogP contribution in [0.2, 0.25) is 0 Å². The number of likely N-dealkylation sites (tertiary alicyclic amines) is 1. The van der Waals surface area contributed by atoms with Gasteiger partial charge in [-0.05, 0) is 48.9 Å². The molecule has 2 heterocycles. The van der Waals surface area contributed by atoms with Gasteiger partial charge in [-0.1, -0.05) is 63.4 Å². The van der Waals surface area contributed by atoms with Gasteiger partial charge in [-0.3, -0.25) is 0 Å². The molecule has 1 aliphatic heterocycles. The van der Waals surface area contributed by atoms with E-state index in [0.29, 0.717) is 5.92 Å². The largest absolute Gasteiger partial charge is 0.356 e. The molecule has 136 valence electrons. The van der Waals surface area contributed by atoms with Gasteiger partial charge in [0.15, 0.2) is 5.76 Å². The molecule has 0 N–H and O–H groups in total. The quantitative estimate of drug-likeness (QED) is 0.621. The van der Waals surface area contributed by atoms with Crippen LogP contribution in [0.4, 0.5) is 0 Å². The fraction of sp³-hybridized carbons (Fsp3) is 0.591. The maximum atomic E-state index is 5.34. The summed E-state index contributed by atoms with van der Waals surface area (Å²) in [5.41, 5.74) is 2.79. The smallest absolute Gasteiger partial charge is 0.166 e. The average molecular weight is 341 g/mol. The summed E-state index contributed by atoms with van der Waals surface area (Å²) in [7, 11) is 0. The highest BCUT2D eigenvalue weighted by molar-refractivity contribution is 5.58. The Kier molecular flexibility index (Phi) is 5.95. The number of hydrogen-bond acceptors (Lipinski definition) is 3. The van der Waals surface area contributed by atoms with Crippen molar-refractivity contribution < 1.29 is 4.52 Å². The van der Waals surface area contributed by atoms with Crippen LogP contribution in [0.5, 0.6) is 0 Å². The second-order valence-electron chi connectivity index (χ2n) is 7.89. The lowest BCUT2D eigenvalue weighted by atomic mass is 9.67. The molecule has 25 heavy (non-hydrogen) atoms. The van der Waals surface area contributed by atoms with E-state index >= 15 is 0 Å². The van der Waals surface area contributed by atoms with Gasteiger partial charge in [0.2, 0.25) is 0 Å². The highest BCUT2D eigenvalue weighted by atomic mass is 16.5. The van der Waals surface area contributed by atoms with Crippen molar-refractivity contribution in [2.45, 2.75) is 58.3 Å². The average Bonchev–Trinajstić information content (AvgIpc) is 3.17. The zero-order valence-corrected chi connectivity index (χ0v) is 16.0. The number of unbranched alkanes of at least 4 members (excludes halogenated alkanes) is 3. The minimum atomic E-state index is 0.232. The van der Waals surface area contributed by atoms with E-state index in [1.807, 2.05) is 6.07 Å². The van der Waals surface area contributed by atoms with Crippen molar-refractivity contribution in [1.82, 2.24) is 10.1 Å². The normalized spacial score (nSPS) is 24.5. The van der Waals surface area contributed by atoms with E-state index in [2.05, 4.69) is 55.1 Å². The molecule has 3 heteroatoms. The first-order chi connectivity index (χ1) is 12.1. The number of nitrogens with zero attached hydrogens (tertiary/aromatic N) is 2. The zero-order chi connectivity index (χ0) is 17.7. The summed E-state index contributed by atoms with van der Waals surface area (Å²) < 4.78 is 5.34. The van der Waals surface area contributed by atoms with Crippen LogP contribution in [0.25, 0.3) is 11.3 Å². The van der Waals surface area contributed by atoms with Gasteiger partial charge in [0, 0.05) is 18.2 Å².